The van der Waals surface area contributed by atoms with Crippen LogP contribution < -0.4 is 14.4 Å². The summed E-state index contributed by atoms with van der Waals surface area (Å²) in [6.07, 6.45) is 9.17. The number of carbonyl (C=O) groups excluding carboxylic acids is 1. The minimum Gasteiger partial charge on any atom is -0.461 e. The van der Waals surface area contributed by atoms with Crippen LogP contribution in [0.2, 0.25) is 0 Å². The van der Waals surface area contributed by atoms with Gasteiger partial charge in [-0.2, -0.15) is 9.97 Å². The summed E-state index contributed by atoms with van der Waals surface area (Å²) in [4.78, 5) is 33.9. The van der Waals surface area contributed by atoms with Crippen LogP contribution >= 0.6 is 0 Å². The van der Waals surface area contributed by atoms with E-state index in [0.717, 1.165) is 25.8 Å². The van der Waals surface area contributed by atoms with Gasteiger partial charge in [0.1, 0.15) is 46.9 Å². The minimum atomic E-state index is -1.20. The van der Waals surface area contributed by atoms with Gasteiger partial charge >= 0.3 is 12.0 Å². The number of alkyl halides is 1. The molecule has 3 aliphatic rings. The van der Waals surface area contributed by atoms with Crippen LogP contribution in [0.3, 0.4) is 0 Å². The number of hydrogen-bond donors (Lipinski definition) is 0. The zero-order valence-electron chi connectivity index (χ0n) is 31.7. The van der Waals surface area contributed by atoms with Crippen molar-refractivity contribution in [3.05, 3.63) is 83.6 Å². The van der Waals surface area contributed by atoms with Gasteiger partial charge in [-0.25, -0.2) is 18.0 Å². The predicted octanol–water partition coefficient (Wildman–Crippen LogP) is 6.67. The lowest BCUT2D eigenvalue weighted by atomic mass is 9.90. The van der Waals surface area contributed by atoms with Crippen LogP contribution in [0, 0.1) is 24.0 Å². The molecule has 0 aliphatic carbocycles. The number of esters is 1. The van der Waals surface area contributed by atoms with Gasteiger partial charge in [0, 0.05) is 49.8 Å². The number of carbonyl (C=O) groups is 1. The second-order valence-corrected chi connectivity index (χ2v) is 15.2. The normalized spacial score (nSPS) is 21.2. The summed E-state index contributed by atoms with van der Waals surface area (Å²) >= 11 is 0. The smallest absolute Gasteiger partial charge is 0.336 e. The number of pyridine rings is 1. The molecular weight excluding hydrogens is 722 g/mol. The number of ether oxygens (including phenoxy) is 3. The van der Waals surface area contributed by atoms with E-state index in [1.807, 2.05) is 35.2 Å². The molecule has 3 aromatic carbocycles. The van der Waals surface area contributed by atoms with Gasteiger partial charge in [0.2, 0.25) is 0 Å². The first kappa shape index (κ1) is 37.6. The first-order chi connectivity index (χ1) is 27.0. The van der Waals surface area contributed by atoms with Crippen LogP contribution in [-0.4, -0.2) is 103 Å². The number of anilines is 1. The molecule has 1 unspecified atom stereocenters. The number of nitrogens with zero attached hydrogens (tertiary/aromatic N) is 6. The zero-order valence-corrected chi connectivity index (χ0v) is 31.7. The molecule has 290 valence electrons. The third kappa shape index (κ3) is 6.59. The highest BCUT2D eigenvalue weighted by molar-refractivity contribution is 6.03. The number of hydrogen-bond acceptors (Lipinski definition) is 10. The van der Waals surface area contributed by atoms with Crippen LogP contribution in [0.25, 0.3) is 32.9 Å². The SMILES string of the molecule is C#Cc1c(F)ccc2cc(OC(=O)C(C)(c3ccccc3)N(C)C)cc(-c3ncc4c(N5CCCOCC5)nc(OC[C@@]56CCCN5C[C@H](F)C6)nc4c3F)c12. The van der Waals surface area contributed by atoms with Crippen molar-refractivity contribution in [3.63, 3.8) is 0 Å². The van der Waals surface area contributed by atoms with E-state index >= 15 is 8.78 Å². The second-order valence-electron chi connectivity index (χ2n) is 15.2. The quantitative estimate of drug-likeness (QED) is 0.0922. The number of likely N-dealkylation sites (N-methyl/N-ethyl adjacent to an activating group) is 1. The van der Waals surface area contributed by atoms with Crippen molar-refractivity contribution in [1.29, 1.82) is 0 Å². The maximum absolute atomic E-state index is 17.4. The maximum atomic E-state index is 17.4. The van der Waals surface area contributed by atoms with E-state index in [1.165, 1.54) is 24.4 Å². The Morgan fingerprint density at radius 1 is 1.09 bits per heavy atom. The topological polar surface area (TPSA) is 93.2 Å². The molecule has 13 heteroatoms. The minimum absolute atomic E-state index is 0.0518. The fraction of sp³-hybridized carbons (Fsp3) is 0.395. The Morgan fingerprint density at radius 2 is 1.91 bits per heavy atom. The van der Waals surface area contributed by atoms with E-state index in [4.69, 9.17) is 25.6 Å². The van der Waals surface area contributed by atoms with E-state index in [0.29, 0.717) is 61.4 Å². The summed E-state index contributed by atoms with van der Waals surface area (Å²) in [6.45, 7) is 5.15. The van der Waals surface area contributed by atoms with Crippen molar-refractivity contribution in [2.75, 3.05) is 65.0 Å². The zero-order chi connectivity index (χ0) is 39.2. The number of terminal acetylenes is 1. The molecule has 0 saturated carbocycles. The Kier molecular flexibility index (Phi) is 10.1. The molecule has 0 spiro atoms. The van der Waals surface area contributed by atoms with Crippen molar-refractivity contribution < 1.29 is 32.2 Å². The van der Waals surface area contributed by atoms with Gasteiger partial charge in [-0.05, 0) is 76.0 Å². The summed E-state index contributed by atoms with van der Waals surface area (Å²) < 4.78 is 65.4. The van der Waals surface area contributed by atoms with Crippen LogP contribution in [0.4, 0.5) is 19.0 Å². The molecule has 0 N–H and O–H groups in total. The Labute approximate surface area is 323 Å². The first-order valence-electron chi connectivity index (χ1n) is 18.9. The average molecular weight is 765 g/mol. The lowest BCUT2D eigenvalue weighted by molar-refractivity contribution is -0.146. The van der Waals surface area contributed by atoms with Crippen LogP contribution in [0.1, 0.15) is 43.7 Å². The molecule has 5 heterocycles. The van der Waals surface area contributed by atoms with E-state index in [9.17, 15) is 9.18 Å². The molecule has 0 bridgehead atoms. The van der Waals surface area contributed by atoms with Gasteiger partial charge in [-0.15, -0.1) is 6.42 Å². The largest absolute Gasteiger partial charge is 0.461 e. The highest BCUT2D eigenvalue weighted by Gasteiger charge is 2.49. The Morgan fingerprint density at radius 3 is 2.70 bits per heavy atom. The highest BCUT2D eigenvalue weighted by atomic mass is 19.1. The van der Waals surface area contributed by atoms with Crippen LogP contribution in [0.15, 0.2) is 60.8 Å². The summed E-state index contributed by atoms with van der Waals surface area (Å²) in [5.41, 5.74) is -1.23. The average Bonchev–Trinajstić information content (AvgIpc) is 3.58. The maximum Gasteiger partial charge on any atom is 0.336 e. The van der Waals surface area contributed by atoms with Crippen LogP contribution in [-0.2, 0) is 15.1 Å². The fourth-order valence-electron chi connectivity index (χ4n) is 8.45. The molecule has 0 radical (unpaired) electrons. The third-order valence-electron chi connectivity index (χ3n) is 11.7. The van der Waals surface area contributed by atoms with Crippen molar-refractivity contribution >= 4 is 33.5 Å². The number of halogens is 3. The van der Waals surface area contributed by atoms with Gasteiger partial charge in [0.15, 0.2) is 5.82 Å². The molecule has 3 saturated heterocycles. The molecule has 2 aromatic heterocycles. The third-order valence-corrected chi connectivity index (χ3v) is 11.7. The second kappa shape index (κ2) is 15.0. The lowest BCUT2D eigenvalue weighted by Crippen LogP contribution is -2.48. The predicted molar refractivity (Wildman–Crippen MR) is 207 cm³/mol. The number of benzene rings is 3. The lowest BCUT2D eigenvalue weighted by Gasteiger charge is -2.34. The highest BCUT2D eigenvalue weighted by Crippen LogP contribution is 2.42. The standard InChI is InChI=1S/C43H43F3N6O4/c1-5-31-34(45)14-13-27-21-30(56-40(53)42(2,50(3)4)28-11-7-6-8-12-28)22-32(35(27)31)37-36(46)38-33(24-47-37)39(51-16-10-19-54-20-18-51)49-41(48-38)55-26-43-15-9-17-52(43)25-29(44)23-43/h1,6-8,11-14,21-22,24,29H,9-10,15-20,23,25-26H2,2-4H3/t29-,42?,43+/m1/s1. The van der Waals surface area contributed by atoms with Crippen molar-refractivity contribution in [1.82, 2.24) is 24.8 Å². The summed E-state index contributed by atoms with van der Waals surface area (Å²) in [7, 11) is 3.55. The Balaban J connectivity index is 1.26. The Bertz CT molecular complexity index is 2350. The first-order valence-corrected chi connectivity index (χ1v) is 18.9. The monoisotopic (exact) mass is 764 g/mol. The number of aromatic nitrogens is 3. The van der Waals surface area contributed by atoms with Crippen molar-refractivity contribution in [3.8, 4) is 35.4 Å². The number of rotatable bonds is 9. The van der Waals surface area contributed by atoms with Gasteiger partial charge in [-0.1, -0.05) is 42.3 Å². The summed E-state index contributed by atoms with van der Waals surface area (Å²) in [5, 5.41) is 0.965. The Hall–Kier alpha value is -5.29. The molecule has 56 heavy (non-hydrogen) atoms. The fourth-order valence-corrected chi connectivity index (χ4v) is 8.45. The van der Waals surface area contributed by atoms with Gasteiger partial charge in [-0.3, -0.25) is 14.8 Å². The van der Waals surface area contributed by atoms with Gasteiger partial charge in [0.25, 0.3) is 0 Å². The van der Waals surface area contributed by atoms with Crippen molar-refractivity contribution in [2.45, 2.75) is 49.9 Å². The molecule has 8 rings (SSSR count). The summed E-state index contributed by atoms with van der Waals surface area (Å²) in [5.74, 6) is 0.835. The molecule has 3 aliphatic heterocycles. The molecule has 5 aromatic rings. The van der Waals surface area contributed by atoms with E-state index in [2.05, 4.69) is 20.8 Å². The van der Waals surface area contributed by atoms with E-state index in [-0.39, 0.29) is 46.1 Å². The molecule has 0 amide bonds. The van der Waals surface area contributed by atoms with Gasteiger partial charge in [0.05, 0.1) is 23.1 Å². The molecule has 3 atom stereocenters. The van der Waals surface area contributed by atoms with E-state index in [1.54, 1.807) is 32.0 Å². The van der Waals surface area contributed by atoms with E-state index < -0.39 is 34.9 Å². The van der Waals surface area contributed by atoms with Crippen molar-refractivity contribution in [2.24, 2.45) is 0 Å². The molecule has 10 nitrogen and oxygen atoms in total. The van der Waals surface area contributed by atoms with Crippen LogP contribution in [0.5, 0.6) is 11.8 Å². The molecule has 3 fully saturated rings. The van der Waals surface area contributed by atoms with Gasteiger partial charge < -0.3 is 19.1 Å². The number of fused-ring (bicyclic) bond motifs is 3. The molecular formula is C43H43F3N6O4. The summed E-state index contributed by atoms with van der Waals surface area (Å²) in [6, 6.07) is 14.9.